The quantitative estimate of drug-likeness (QED) is 0.723. The predicted octanol–water partition coefficient (Wildman–Crippen LogP) is 2.25. The zero-order valence-electron chi connectivity index (χ0n) is 12.5. The molecule has 1 aliphatic rings. The Balaban J connectivity index is 2.03. The third-order valence-electron chi connectivity index (χ3n) is 3.43. The zero-order chi connectivity index (χ0) is 15.2. The van der Waals surface area contributed by atoms with Gasteiger partial charge in [0, 0.05) is 18.2 Å². The average Bonchev–Trinajstić information content (AvgIpc) is 3.32. The van der Waals surface area contributed by atoms with Gasteiger partial charge >= 0.3 is 5.97 Å². The van der Waals surface area contributed by atoms with Gasteiger partial charge in [0.1, 0.15) is 5.75 Å². The van der Waals surface area contributed by atoms with Crippen molar-refractivity contribution in [3.63, 3.8) is 0 Å². The van der Waals surface area contributed by atoms with Crippen LogP contribution in [0.4, 0.5) is 0 Å². The molecule has 0 aromatic heterocycles. The molecule has 5 heteroatoms. The number of carbonyl (C=O) groups excluding carboxylic acids is 2. The van der Waals surface area contributed by atoms with E-state index in [0.29, 0.717) is 24.5 Å². The topological polar surface area (TPSA) is 55.8 Å². The van der Waals surface area contributed by atoms with E-state index >= 15 is 0 Å². The van der Waals surface area contributed by atoms with Gasteiger partial charge in [-0.05, 0) is 38.0 Å². The Kier molecular flexibility index (Phi) is 5.20. The van der Waals surface area contributed by atoms with Crippen LogP contribution < -0.4 is 4.74 Å². The number of hydrogen-bond acceptors (Lipinski definition) is 4. The lowest BCUT2D eigenvalue weighted by Gasteiger charge is -2.22. The minimum absolute atomic E-state index is 0.0549. The van der Waals surface area contributed by atoms with Crippen LogP contribution in [0.3, 0.4) is 0 Å². The van der Waals surface area contributed by atoms with Gasteiger partial charge in [0.25, 0.3) is 5.91 Å². The molecule has 1 fully saturated rings. The molecule has 0 N–H and O–H groups in total. The largest absolute Gasteiger partial charge is 0.497 e. The van der Waals surface area contributed by atoms with Crippen LogP contribution in [0.15, 0.2) is 24.3 Å². The number of esters is 1. The molecule has 5 nitrogen and oxygen atoms in total. The van der Waals surface area contributed by atoms with Gasteiger partial charge in [0.2, 0.25) is 0 Å². The molecule has 21 heavy (non-hydrogen) atoms. The van der Waals surface area contributed by atoms with Crippen LogP contribution >= 0.6 is 0 Å². The van der Waals surface area contributed by atoms with Crippen LogP contribution in [0.1, 0.15) is 36.5 Å². The number of methoxy groups -OCH3 is 1. The van der Waals surface area contributed by atoms with Gasteiger partial charge in [0.05, 0.1) is 20.1 Å². The first-order valence-corrected chi connectivity index (χ1v) is 7.26. The van der Waals surface area contributed by atoms with Gasteiger partial charge in [-0.15, -0.1) is 0 Å². The Morgan fingerprint density at radius 3 is 2.71 bits per heavy atom. The second-order valence-electron chi connectivity index (χ2n) is 5.02. The van der Waals surface area contributed by atoms with Gasteiger partial charge < -0.3 is 14.4 Å². The van der Waals surface area contributed by atoms with Crippen LogP contribution in [0.2, 0.25) is 0 Å². The molecule has 0 atom stereocenters. The van der Waals surface area contributed by atoms with Crippen molar-refractivity contribution in [2.45, 2.75) is 32.2 Å². The second-order valence-corrected chi connectivity index (χ2v) is 5.02. The third-order valence-corrected chi connectivity index (χ3v) is 3.43. The summed E-state index contributed by atoms with van der Waals surface area (Å²) < 4.78 is 10.1. The van der Waals surface area contributed by atoms with E-state index in [1.165, 1.54) is 0 Å². The first-order valence-electron chi connectivity index (χ1n) is 7.26. The van der Waals surface area contributed by atoms with E-state index in [1.54, 1.807) is 43.2 Å². The molecule has 0 bridgehead atoms. The first-order chi connectivity index (χ1) is 10.2. The van der Waals surface area contributed by atoms with Crippen LogP contribution in [-0.2, 0) is 9.53 Å². The summed E-state index contributed by atoms with van der Waals surface area (Å²) in [6.07, 6.45) is 2.23. The Bertz CT molecular complexity index is 511. The smallest absolute Gasteiger partial charge is 0.307 e. The summed E-state index contributed by atoms with van der Waals surface area (Å²) in [6, 6.07) is 7.34. The van der Waals surface area contributed by atoms with Crippen molar-refractivity contribution in [1.29, 1.82) is 0 Å². The molecule has 0 heterocycles. The number of benzene rings is 1. The number of amides is 1. The van der Waals surface area contributed by atoms with Crippen molar-refractivity contribution in [1.82, 2.24) is 4.90 Å². The highest BCUT2D eigenvalue weighted by Gasteiger charge is 2.33. The third kappa shape index (κ3) is 4.21. The monoisotopic (exact) mass is 291 g/mol. The number of carbonyl (C=O) groups is 2. The molecule has 0 aliphatic heterocycles. The lowest BCUT2D eigenvalue weighted by Crippen LogP contribution is -2.35. The van der Waals surface area contributed by atoms with E-state index in [9.17, 15) is 9.59 Å². The lowest BCUT2D eigenvalue weighted by atomic mass is 10.1. The van der Waals surface area contributed by atoms with Crippen molar-refractivity contribution >= 4 is 11.9 Å². The van der Waals surface area contributed by atoms with Crippen molar-refractivity contribution in [2.24, 2.45) is 0 Å². The number of nitrogens with zero attached hydrogens (tertiary/aromatic N) is 1. The highest BCUT2D eigenvalue weighted by molar-refractivity contribution is 5.95. The van der Waals surface area contributed by atoms with E-state index in [-0.39, 0.29) is 24.3 Å². The molecule has 114 valence electrons. The molecular weight excluding hydrogens is 270 g/mol. The van der Waals surface area contributed by atoms with Crippen LogP contribution in [0.25, 0.3) is 0 Å². The van der Waals surface area contributed by atoms with E-state index in [0.717, 1.165) is 12.8 Å². The highest BCUT2D eigenvalue weighted by Crippen LogP contribution is 2.29. The molecule has 1 saturated carbocycles. The maximum absolute atomic E-state index is 12.6. The zero-order valence-corrected chi connectivity index (χ0v) is 12.5. The summed E-state index contributed by atoms with van der Waals surface area (Å²) in [6.45, 7) is 2.55. The fraction of sp³-hybridized carbons (Fsp3) is 0.500. The normalized spacial score (nSPS) is 13.6. The van der Waals surface area contributed by atoms with Crippen molar-refractivity contribution < 1.29 is 19.1 Å². The van der Waals surface area contributed by atoms with E-state index < -0.39 is 0 Å². The number of ether oxygens (including phenoxy) is 2. The molecule has 2 rings (SSSR count). The minimum Gasteiger partial charge on any atom is -0.497 e. The van der Waals surface area contributed by atoms with Gasteiger partial charge in [-0.1, -0.05) is 6.07 Å². The fourth-order valence-electron chi connectivity index (χ4n) is 2.20. The summed E-state index contributed by atoms with van der Waals surface area (Å²) in [5, 5.41) is 0. The summed E-state index contributed by atoms with van der Waals surface area (Å²) >= 11 is 0. The predicted molar refractivity (Wildman–Crippen MR) is 78.3 cm³/mol. The van der Waals surface area contributed by atoms with Gasteiger partial charge in [-0.2, -0.15) is 0 Å². The molecule has 1 aromatic carbocycles. The maximum atomic E-state index is 12.6. The van der Waals surface area contributed by atoms with Crippen molar-refractivity contribution in [2.75, 3.05) is 20.3 Å². The van der Waals surface area contributed by atoms with Gasteiger partial charge in [0.15, 0.2) is 0 Å². The number of hydrogen-bond donors (Lipinski definition) is 0. The molecule has 1 amide bonds. The first kappa shape index (κ1) is 15.4. The molecule has 0 radical (unpaired) electrons. The summed E-state index contributed by atoms with van der Waals surface area (Å²) in [7, 11) is 1.57. The lowest BCUT2D eigenvalue weighted by molar-refractivity contribution is -0.143. The molecule has 0 saturated heterocycles. The van der Waals surface area contributed by atoms with Gasteiger partial charge in [-0.3, -0.25) is 9.59 Å². The molecule has 1 aromatic rings. The summed E-state index contributed by atoms with van der Waals surface area (Å²) in [5.41, 5.74) is 0.588. The van der Waals surface area contributed by atoms with Gasteiger partial charge in [-0.25, -0.2) is 0 Å². The van der Waals surface area contributed by atoms with Crippen LogP contribution in [-0.4, -0.2) is 43.1 Å². The minimum atomic E-state index is -0.262. The van der Waals surface area contributed by atoms with E-state index in [1.807, 2.05) is 0 Å². The van der Waals surface area contributed by atoms with Crippen LogP contribution in [0.5, 0.6) is 5.75 Å². The van der Waals surface area contributed by atoms with E-state index in [4.69, 9.17) is 9.47 Å². The fourth-order valence-corrected chi connectivity index (χ4v) is 2.20. The van der Waals surface area contributed by atoms with Crippen molar-refractivity contribution in [3.8, 4) is 5.75 Å². The van der Waals surface area contributed by atoms with Crippen molar-refractivity contribution in [3.05, 3.63) is 29.8 Å². The Morgan fingerprint density at radius 2 is 2.10 bits per heavy atom. The number of rotatable bonds is 7. The second kappa shape index (κ2) is 7.11. The highest BCUT2D eigenvalue weighted by atomic mass is 16.5. The Hall–Kier alpha value is -2.04. The standard InChI is InChI=1S/C16H21NO4/c1-3-21-15(18)9-10-17(13-7-8-13)16(19)12-5-4-6-14(11-12)20-2/h4-6,11,13H,3,7-10H2,1-2H3. The Morgan fingerprint density at radius 1 is 1.33 bits per heavy atom. The molecule has 1 aliphatic carbocycles. The molecule has 0 spiro atoms. The van der Waals surface area contributed by atoms with E-state index in [2.05, 4.69) is 0 Å². The maximum Gasteiger partial charge on any atom is 0.307 e. The summed E-state index contributed by atoms with van der Waals surface area (Å²) in [4.78, 5) is 25.8. The molecule has 0 unspecified atom stereocenters. The summed E-state index contributed by atoms with van der Waals surface area (Å²) in [5.74, 6) is 0.337. The average molecular weight is 291 g/mol. The molecular formula is C16H21NO4. The van der Waals surface area contributed by atoms with Crippen LogP contribution in [0, 0.1) is 0 Å². The SMILES string of the molecule is CCOC(=O)CCN(C(=O)c1cccc(OC)c1)C1CC1. The Labute approximate surface area is 124 Å².